The topological polar surface area (TPSA) is 33.6 Å². The Labute approximate surface area is 120 Å². The number of aromatic amines is 1. The average Bonchev–Trinajstić information content (AvgIpc) is 2.68. The second-order valence-electron chi connectivity index (χ2n) is 4.51. The summed E-state index contributed by atoms with van der Waals surface area (Å²) in [5.74, 6) is 0. The van der Waals surface area contributed by atoms with Crippen molar-refractivity contribution in [1.29, 1.82) is 0 Å². The van der Waals surface area contributed by atoms with E-state index in [1.54, 1.807) is 6.20 Å². The molecule has 0 atom stereocenters. The largest absolute Gasteiger partial charge is 0.329 e. The van der Waals surface area contributed by atoms with Gasteiger partial charge in [-0.15, -0.1) is 0 Å². The zero-order chi connectivity index (χ0) is 13.6. The van der Waals surface area contributed by atoms with E-state index in [9.17, 15) is 0 Å². The summed E-state index contributed by atoms with van der Waals surface area (Å²) in [6, 6.07) is 7.98. The third-order valence-corrected chi connectivity index (χ3v) is 3.80. The Morgan fingerprint density at radius 3 is 2.89 bits per heavy atom. The fraction of sp³-hybridized carbons (Fsp3) is 0.143. The molecule has 0 radical (unpaired) electrons. The molecule has 3 nitrogen and oxygen atoms in total. The van der Waals surface area contributed by atoms with Gasteiger partial charge >= 0.3 is 0 Å². The van der Waals surface area contributed by atoms with Gasteiger partial charge in [0, 0.05) is 6.20 Å². The van der Waals surface area contributed by atoms with E-state index < -0.39 is 0 Å². The lowest BCUT2D eigenvalue weighted by Crippen LogP contribution is -1.99. The third kappa shape index (κ3) is 1.97. The second kappa shape index (κ2) is 4.47. The quantitative estimate of drug-likeness (QED) is 0.676. The van der Waals surface area contributed by atoms with Gasteiger partial charge in [0.05, 0.1) is 16.2 Å². The maximum atomic E-state index is 5.96. The van der Waals surface area contributed by atoms with Crippen LogP contribution in [0.5, 0.6) is 0 Å². The molecule has 2 aromatic heterocycles. The molecule has 0 aliphatic rings. The number of aromatic nitrogens is 3. The summed E-state index contributed by atoms with van der Waals surface area (Å²) >= 11 is 11.4. The molecule has 5 heteroatoms. The number of pyridine rings is 1. The molecular weight excluding hydrogens is 278 g/mol. The molecule has 0 saturated carbocycles. The molecule has 0 aliphatic heterocycles. The fourth-order valence-electron chi connectivity index (χ4n) is 2.17. The number of hydrogen-bond acceptors (Lipinski definition) is 2. The number of benzene rings is 1. The Kier molecular flexibility index (Phi) is 2.92. The Bertz CT molecular complexity index is 832. The van der Waals surface area contributed by atoms with E-state index in [2.05, 4.69) is 29.9 Å². The SMILES string of the molecule is Cc1cccc(-n2c(=S)[nH]c3cc(Cl)cnc32)c1C. The van der Waals surface area contributed by atoms with Crippen LogP contribution in [0.4, 0.5) is 0 Å². The summed E-state index contributed by atoms with van der Waals surface area (Å²) in [4.78, 5) is 7.53. The molecular formula is C14H12ClN3S. The number of hydrogen-bond donors (Lipinski definition) is 1. The summed E-state index contributed by atoms with van der Waals surface area (Å²) < 4.78 is 2.57. The first-order valence-corrected chi connectivity index (χ1v) is 6.69. The second-order valence-corrected chi connectivity index (χ2v) is 5.33. The van der Waals surface area contributed by atoms with Crippen molar-refractivity contribution >= 4 is 35.0 Å². The van der Waals surface area contributed by atoms with E-state index in [0.717, 1.165) is 16.9 Å². The van der Waals surface area contributed by atoms with Crippen molar-refractivity contribution in [3.63, 3.8) is 0 Å². The fourth-order valence-corrected chi connectivity index (χ4v) is 2.62. The highest BCUT2D eigenvalue weighted by atomic mass is 35.5. The van der Waals surface area contributed by atoms with Gasteiger partial charge in [-0.1, -0.05) is 23.7 Å². The molecule has 19 heavy (non-hydrogen) atoms. The van der Waals surface area contributed by atoms with Crippen molar-refractivity contribution in [2.45, 2.75) is 13.8 Å². The standard InChI is InChI=1S/C14H12ClN3S/c1-8-4-3-5-12(9(8)2)18-13-11(17-14(18)19)6-10(15)7-16-13/h3-7H,1-2H3,(H,17,19). The number of nitrogens with one attached hydrogen (secondary N) is 1. The molecule has 2 heterocycles. The van der Waals surface area contributed by atoms with Gasteiger partial charge in [-0.3, -0.25) is 4.57 Å². The summed E-state index contributed by atoms with van der Waals surface area (Å²) in [6.45, 7) is 4.17. The van der Waals surface area contributed by atoms with E-state index in [1.807, 2.05) is 22.8 Å². The highest BCUT2D eigenvalue weighted by molar-refractivity contribution is 7.71. The minimum absolute atomic E-state index is 0.594. The van der Waals surface area contributed by atoms with Crippen LogP contribution in [0.15, 0.2) is 30.5 Å². The van der Waals surface area contributed by atoms with Crippen molar-refractivity contribution in [3.05, 3.63) is 51.4 Å². The number of aryl methyl sites for hydroxylation is 1. The van der Waals surface area contributed by atoms with Crippen LogP contribution in [-0.2, 0) is 0 Å². The van der Waals surface area contributed by atoms with Gasteiger partial charge in [-0.2, -0.15) is 0 Å². The van der Waals surface area contributed by atoms with Crippen molar-refractivity contribution < 1.29 is 0 Å². The minimum Gasteiger partial charge on any atom is -0.329 e. The van der Waals surface area contributed by atoms with E-state index in [-0.39, 0.29) is 0 Å². The maximum Gasteiger partial charge on any atom is 0.184 e. The molecule has 1 aromatic carbocycles. The van der Waals surface area contributed by atoms with Gasteiger partial charge < -0.3 is 4.98 Å². The van der Waals surface area contributed by atoms with Crippen LogP contribution in [0.2, 0.25) is 5.02 Å². The predicted octanol–water partition coefficient (Wildman–Crippen LogP) is 4.35. The van der Waals surface area contributed by atoms with E-state index in [1.165, 1.54) is 11.1 Å². The summed E-state index contributed by atoms with van der Waals surface area (Å²) in [5.41, 5.74) is 5.10. The summed E-state index contributed by atoms with van der Waals surface area (Å²) in [5, 5.41) is 0.594. The van der Waals surface area contributed by atoms with Gasteiger partial charge in [0.25, 0.3) is 0 Å². The van der Waals surface area contributed by atoms with Crippen LogP contribution in [0.3, 0.4) is 0 Å². The first-order chi connectivity index (χ1) is 9.08. The molecule has 0 bridgehead atoms. The van der Waals surface area contributed by atoms with E-state index >= 15 is 0 Å². The van der Waals surface area contributed by atoms with Crippen LogP contribution in [0, 0.1) is 18.6 Å². The lowest BCUT2D eigenvalue weighted by molar-refractivity contribution is 1.02. The monoisotopic (exact) mass is 289 g/mol. The number of nitrogens with zero attached hydrogens (tertiary/aromatic N) is 2. The third-order valence-electron chi connectivity index (χ3n) is 3.31. The zero-order valence-corrected chi connectivity index (χ0v) is 12.1. The van der Waals surface area contributed by atoms with Crippen LogP contribution in [0.25, 0.3) is 16.9 Å². The molecule has 3 rings (SSSR count). The van der Waals surface area contributed by atoms with Crippen molar-refractivity contribution in [3.8, 4) is 5.69 Å². The highest BCUT2D eigenvalue weighted by Gasteiger charge is 2.11. The molecule has 1 N–H and O–H groups in total. The normalized spacial score (nSPS) is 11.1. The van der Waals surface area contributed by atoms with E-state index in [0.29, 0.717) is 9.79 Å². The lowest BCUT2D eigenvalue weighted by Gasteiger charge is -2.09. The van der Waals surface area contributed by atoms with Crippen LogP contribution in [-0.4, -0.2) is 14.5 Å². The zero-order valence-electron chi connectivity index (χ0n) is 10.6. The average molecular weight is 290 g/mol. The Hall–Kier alpha value is -1.65. The summed E-state index contributed by atoms with van der Waals surface area (Å²) in [6.07, 6.45) is 1.63. The van der Waals surface area contributed by atoms with E-state index in [4.69, 9.17) is 23.8 Å². The van der Waals surface area contributed by atoms with Crippen molar-refractivity contribution in [1.82, 2.24) is 14.5 Å². The van der Waals surface area contributed by atoms with Gasteiger partial charge in [-0.05, 0) is 49.3 Å². The first kappa shape index (κ1) is 12.4. The minimum atomic E-state index is 0.594. The van der Waals surface area contributed by atoms with Crippen molar-refractivity contribution in [2.75, 3.05) is 0 Å². The lowest BCUT2D eigenvalue weighted by atomic mass is 10.1. The Balaban J connectivity index is 2.40. The number of rotatable bonds is 1. The van der Waals surface area contributed by atoms with Crippen LogP contribution in [0.1, 0.15) is 11.1 Å². The van der Waals surface area contributed by atoms with Crippen molar-refractivity contribution in [2.24, 2.45) is 0 Å². The van der Waals surface area contributed by atoms with Gasteiger partial charge in [-0.25, -0.2) is 4.98 Å². The molecule has 0 aliphatic carbocycles. The molecule has 0 saturated heterocycles. The number of imidazole rings is 1. The molecule has 0 amide bonds. The molecule has 0 spiro atoms. The molecule has 0 fully saturated rings. The maximum absolute atomic E-state index is 5.96. The number of halogens is 1. The van der Waals surface area contributed by atoms with Gasteiger partial charge in [0.1, 0.15) is 0 Å². The van der Waals surface area contributed by atoms with Gasteiger partial charge in [0.2, 0.25) is 0 Å². The molecule has 96 valence electrons. The summed E-state index contributed by atoms with van der Waals surface area (Å²) in [7, 11) is 0. The molecule has 3 aromatic rings. The predicted molar refractivity (Wildman–Crippen MR) is 80.7 cm³/mol. The smallest absolute Gasteiger partial charge is 0.184 e. The Morgan fingerprint density at radius 2 is 2.11 bits per heavy atom. The van der Waals surface area contributed by atoms with Gasteiger partial charge in [0.15, 0.2) is 10.4 Å². The first-order valence-electron chi connectivity index (χ1n) is 5.91. The highest BCUT2D eigenvalue weighted by Crippen LogP contribution is 2.23. The van der Waals surface area contributed by atoms with Crippen LogP contribution >= 0.6 is 23.8 Å². The number of H-pyrrole nitrogens is 1. The van der Waals surface area contributed by atoms with Crippen LogP contribution < -0.4 is 0 Å². The molecule has 0 unspecified atom stereocenters. The Morgan fingerprint density at radius 1 is 1.32 bits per heavy atom. The number of fused-ring (bicyclic) bond motifs is 1.